The largest absolute Gasteiger partial charge is 0.698 e. The minimum absolute atomic E-state index is 0.108. The van der Waals surface area contributed by atoms with Crippen molar-refractivity contribution in [3.8, 4) is 0 Å². The maximum absolute atomic E-state index is 11.8. The van der Waals surface area contributed by atoms with Crippen molar-refractivity contribution in [3.63, 3.8) is 0 Å². The van der Waals surface area contributed by atoms with E-state index in [0.717, 1.165) is 0 Å². The van der Waals surface area contributed by atoms with Crippen LogP contribution in [0.25, 0.3) is 0 Å². The fraction of sp³-hybridized carbons (Fsp3) is 0.333. The van der Waals surface area contributed by atoms with Crippen LogP contribution in [-0.4, -0.2) is 11.3 Å². The predicted molar refractivity (Wildman–Crippen MR) is 26.1 cm³/mol. The van der Waals surface area contributed by atoms with Crippen molar-refractivity contribution < 1.29 is 22.8 Å². The van der Waals surface area contributed by atoms with E-state index in [2.05, 4.69) is 4.52 Å². The highest BCUT2D eigenvalue weighted by atomic mass is 31.1. The van der Waals surface area contributed by atoms with Crippen molar-refractivity contribution in [1.82, 2.24) is 0 Å². The summed E-state index contributed by atoms with van der Waals surface area (Å²) < 4.78 is 36.0. The molecular formula is C3H4F2O3P+. The molecule has 0 aliphatic heterocycles. The molecule has 2 unspecified atom stereocenters. The van der Waals surface area contributed by atoms with E-state index in [1.54, 1.807) is 0 Å². The van der Waals surface area contributed by atoms with Gasteiger partial charge in [0.2, 0.25) is 0 Å². The van der Waals surface area contributed by atoms with Crippen LogP contribution in [-0.2, 0) is 9.09 Å². The summed E-state index contributed by atoms with van der Waals surface area (Å²) in [6.45, 7) is 0. The lowest BCUT2D eigenvalue weighted by Crippen LogP contribution is -1.93. The van der Waals surface area contributed by atoms with Gasteiger partial charge in [-0.1, -0.05) is 4.52 Å². The van der Waals surface area contributed by atoms with Crippen molar-refractivity contribution in [2.45, 2.75) is 6.36 Å². The van der Waals surface area contributed by atoms with Gasteiger partial charge in [0.1, 0.15) is 0 Å². The third kappa shape index (κ3) is 5.49. The van der Waals surface area contributed by atoms with Crippen molar-refractivity contribution in [2.75, 3.05) is 0 Å². The number of hydrogen-bond acceptors (Lipinski definition) is 2. The molecule has 0 aromatic heterocycles. The Balaban J connectivity index is 3.50. The molecule has 9 heavy (non-hydrogen) atoms. The Morgan fingerprint density at radius 1 is 1.78 bits per heavy atom. The van der Waals surface area contributed by atoms with Crippen LogP contribution in [0.2, 0.25) is 0 Å². The van der Waals surface area contributed by atoms with E-state index < -0.39 is 14.6 Å². The molecule has 0 radical (unpaired) electrons. The highest BCUT2D eigenvalue weighted by Crippen LogP contribution is 2.18. The SMILES string of the molecule is O=[P+](O)OC(F)C=CF. The second kappa shape index (κ2) is 4.49. The molecule has 0 bridgehead atoms. The molecule has 2 atom stereocenters. The van der Waals surface area contributed by atoms with Crippen LogP contribution in [0, 0.1) is 0 Å². The summed E-state index contributed by atoms with van der Waals surface area (Å²) in [6, 6.07) is 0. The summed E-state index contributed by atoms with van der Waals surface area (Å²) in [4.78, 5) is 7.84. The first-order valence-electron chi connectivity index (χ1n) is 1.90. The van der Waals surface area contributed by atoms with Crippen molar-refractivity contribution in [1.29, 1.82) is 0 Å². The highest BCUT2D eigenvalue weighted by molar-refractivity contribution is 7.32. The summed E-state index contributed by atoms with van der Waals surface area (Å²) in [5.41, 5.74) is 0. The lowest BCUT2D eigenvalue weighted by atomic mass is 10.7. The number of hydrogen-bond donors (Lipinski definition) is 1. The van der Waals surface area contributed by atoms with E-state index in [1.807, 2.05) is 0 Å². The van der Waals surface area contributed by atoms with Gasteiger partial charge >= 0.3 is 8.25 Å². The zero-order chi connectivity index (χ0) is 7.28. The molecular weight excluding hydrogens is 153 g/mol. The van der Waals surface area contributed by atoms with Crippen LogP contribution >= 0.6 is 8.25 Å². The van der Waals surface area contributed by atoms with Gasteiger partial charge in [0.05, 0.1) is 6.33 Å². The lowest BCUT2D eigenvalue weighted by Gasteiger charge is -1.85. The topological polar surface area (TPSA) is 46.5 Å². The Morgan fingerprint density at radius 2 is 2.33 bits per heavy atom. The molecule has 0 saturated heterocycles. The van der Waals surface area contributed by atoms with Gasteiger partial charge in [-0.3, -0.25) is 0 Å². The monoisotopic (exact) mass is 157 g/mol. The summed E-state index contributed by atoms with van der Waals surface area (Å²) in [5.74, 6) is 0. The first-order chi connectivity index (χ1) is 4.16. The highest BCUT2D eigenvalue weighted by Gasteiger charge is 2.19. The van der Waals surface area contributed by atoms with Gasteiger partial charge in [-0.2, -0.15) is 0 Å². The number of rotatable bonds is 3. The molecule has 0 aromatic rings. The van der Waals surface area contributed by atoms with Gasteiger partial charge < -0.3 is 0 Å². The van der Waals surface area contributed by atoms with Crippen molar-refractivity contribution >= 4 is 8.25 Å². The molecule has 3 nitrogen and oxygen atoms in total. The molecule has 0 saturated carbocycles. The van der Waals surface area contributed by atoms with Crippen LogP contribution in [0.15, 0.2) is 12.4 Å². The smallest absolute Gasteiger partial charge is 0.216 e. The summed E-state index contributed by atoms with van der Waals surface area (Å²) in [6.07, 6.45) is -1.89. The maximum Gasteiger partial charge on any atom is 0.698 e. The second-order valence-corrected chi connectivity index (χ2v) is 1.70. The first kappa shape index (κ1) is 8.62. The molecule has 6 heteroatoms. The van der Waals surface area contributed by atoms with E-state index in [4.69, 9.17) is 4.89 Å². The van der Waals surface area contributed by atoms with Gasteiger partial charge in [-0.05, 0) is 0 Å². The van der Waals surface area contributed by atoms with E-state index in [0.29, 0.717) is 6.08 Å². The van der Waals surface area contributed by atoms with E-state index in [9.17, 15) is 13.3 Å². The Bertz CT molecular complexity index is 126. The summed E-state index contributed by atoms with van der Waals surface area (Å²) in [5, 5.41) is 0. The molecule has 0 heterocycles. The molecule has 0 amide bonds. The second-order valence-electron chi connectivity index (χ2n) is 1.01. The lowest BCUT2D eigenvalue weighted by molar-refractivity contribution is 0.107. The predicted octanol–water partition coefficient (Wildman–Crippen LogP) is 1.43. The molecule has 0 rings (SSSR count). The van der Waals surface area contributed by atoms with Crippen LogP contribution in [0.1, 0.15) is 0 Å². The average Bonchev–Trinajstić information content (AvgIpc) is 1.63. The standard InChI is InChI=1S/C3H3F2O3P/c4-2-1-3(5)8-9(6)7/h1-3H/p+1. The van der Waals surface area contributed by atoms with E-state index >= 15 is 0 Å². The van der Waals surface area contributed by atoms with Gasteiger partial charge in [0.15, 0.2) is 0 Å². The summed E-state index contributed by atoms with van der Waals surface area (Å²) >= 11 is 0. The zero-order valence-corrected chi connectivity index (χ0v) is 5.09. The Hall–Kier alpha value is -0.380. The van der Waals surface area contributed by atoms with Crippen LogP contribution in [0.5, 0.6) is 0 Å². The molecule has 0 aliphatic carbocycles. The molecule has 0 aliphatic rings. The fourth-order valence-corrected chi connectivity index (χ4v) is 0.421. The van der Waals surface area contributed by atoms with Crippen LogP contribution < -0.4 is 0 Å². The van der Waals surface area contributed by atoms with E-state index in [-0.39, 0.29) is 6.33 Å². The normalized spacial score (nSPS) is 16.1. The molecule has 0 spiro atoms. The number of halogens is 2. The fourth-order valence-electron chi connectivity index (χ4n) is 0.178. The van der Waals surface area contributed by atoms with Gasteiger partial charge in [-0.15, -0.1) is 4.89 Å². The van der Waals surface area contributed by atoms with Gasteiger partial charge in [0.25, 0.3) is 6.36 Å². The molecule has 52 valence electrons. The van der Waals surface area contributed by atoms with Gasteiger partial charge in [-0.25, -0.2) is 8.78 Å². The Kier molecular flexibility index (Phi) is 4.30. The summed E-state index contributed by atoms with van der Waals surface area (Å²) in [7, 11) is -2.99. The number of alkyl halides is 1. The molecule has 0 fully saturated rings. The van der Waals surface area contributed by atoms with Crippen LogP contribution in [0.3, 0.4) is 0 Å². The van der Waals surface area contributed by atoms with Crippen molar-refractivity contribution in [3.05, 3.63) is 12.4 Å². The maximum atomic E-state index is 11.8. The minimum atomic E-state index is -2.99. The minimum Gasteiger partial charge on any atom is -0.216 e. The van der Waals surface area contributed by atoms with Crippen LogP contribution in [0.4, 0.5) is 8.78 Å². The van der Waals surface area contributed by atoms with Gasteiger partial charge in [0, 0.05) is 10.6 Å². The quantitative estimate of drug-likeness (QED) is 0.630. The molecule has 1 N–H and O–H groups in total. The first-order valence-corrected chi connectivity index (χ1v) is 3.03. The Morgan fingerprint density at radius 3 is 2.67 bits per heavy atom. The van der Waals surface area contributed by atoms with E-state index in [1.165, 1.54) is 0 Å². The zero-order valence-electron chi connectivity index (χ0n) is 4.20. The third-order valence-corrected chi connectivity index (χ3v) is 0.797. The van der Waals surface area contributed by atoms with Crippen molar-refractivity contribution in [2.24, 2.45) is 0 Å². The average molecular weight is 157 g/mol. The third-order valence-electron chi connectivity index (χ3n) is 0.415. The Labute approximate surface area is 50.9 Å². The molecule has 0 aromatic carbocycles.